The van der Waals surface area contributed by atoms with Gasteiger partial charge in [0.1, 0.15) is 0 Å². The third-order valence-corrected chi connectivity index (χ3v) is 3.32. The van der Waals surface area contributed by atoms with E-state index in [2.05, 4.69) is 22.1 Å². The van der Waals surface area contributed by atoms with Crippen molar-refractivity contribution in [1.29, 1.82) is 0 Å². The second kappa shape index (κ2) is 3.91. The Morgan fingerprint density at radius 1 is 1.35 bits per heavy atom. The predicted octanol–water partition coefficient (Wildman–Crippen LogP) is 2.04. The summed E-state index contributed by atoms with van der Waals surface area (Å²) in [4.78, 5) is 2.32. The molecule has 2 N–H and O–H groups in total. The van der Waals surface area contributed by atoms with E-state index >= 15 is 0 Å². The van der Waals surface area contributed by atoms with Crippen molar-refractivity contribution >= 4 is 22.4 Å². The number of benzene rings is 1. The Balaban J connectivity index is 2.02. The molecule has 1 aromatic heterocycles. The van der Waals surface area contributed by atoms with Gasteiger partial charge in [-0.1, -0.05) is 0 Å². The van der Waals surface area contributed by atoms with Crippen molar-refractivity contribution in [1.82, 2.24) is 10.3 Å². The first-order valence-corrected chi connectivity index (χ1v) is 6.05. The zero-order valence-corrected chi connectivity index (χ0v) is 9.89. The number of hydrogen-bond acceptors (Lipinski definition) is 5. The highest BCUT2D eigenvalue weighted by molar-refractivity contribution is 5.95. The van der Waals surface area contributed by atoms with Gasteiger partial charge in [0, 0.05) is 13.1 Å². The minimum atomic E-state index is 0.618. The van der Waals surface area contributed by atoms with Gasteiger partial charge in [0.25, 0.3) is 0 Å². The molecule has 5 heteroatoms. The highest BCUT2D eigenvalue weighted by atomic mass is 16.6. The molecule has 0 radical (unpaired) electrons. The van der Waals surface area contributed by atoms with Crippen molar-refractivity contribution in [3.8, 4) is 0 Å². The summed E-state index contributed by atoms with van der Waals surface area (Å²) >= 11 is 0. The molecular weight excluding hydrogens is 216 g/mol. The van der Waals surface area contributed by atoms with Crippen LogP contribution in [0.25, 0.3) is 11.0 Å². The van der Waals surface area contributed by atoms with Crippen molar-refractivity contribution < 1.29 is 4.63 Å². The lowest BCUT2D eigenvalue weighted by molar-refractivity contribution is 0.315. The van der Waals surface area contributed by atoms with Crippen LogP contribution in [0.1, 0.15) is 19.8 Å². The van der Waals surface area contributed by atoms with Crippen LogP contribution in [-0.4, -0.2) is 23.4 Å². The highest BCUT2D eigenvalue weighted by Crippen LogP contribution is 2.34. The summed E-state index contributed by atoms with van der Waals surface area (Å²) in [6, 6.07) is 3.88. The van der Waals surface area contributed by atoms with Gasteiger partial charge >= 0.3 is 0 Å². The fraction of sp³-hybridized carbons (Fsp3) is 0.500. The van der Waals surface area contributed by atoms with E-state index in [0.29, 0.717) is 11.2 Å². The number of rotatable bonds is 4. The van der Waals surface area contributed by atoms with Crippen LogP contribution < -0.4 is 10.6 Å². The van der Waals surface area contributed by atoms with Crippen molar-refractivity contribution in [3.05, 3.63) is 12.1 Å². The molecule has 90 valence electrons. The molecule has 1 aromatic carbocycles. The predicted molar refractivity (Wildman–Crippen MR) is 66.8 cm³/mol. The number of fused-ring (bicyclic) bond motifs is 1. The van der Waals surface area contributed by atoms with E-state index < -0.39 is 0 Å². The first-order chi connectivity index (χ1) is 8.29. The van der Waals surface area contributed by atoms with Crippen LogP contribution in [0.3, 0.4) is 0 Å². The Labute approximate surface area is 99.5 Å². The fourth-order valence-corrected chi connectivity index (χ4v) is 2.14. The van der Waals surface area contributed by atoms with E-state index in [0.717, 1.165) is 30.2 Å². The molecule has 0 spiro atoms. The average molecular weight is 232 g/mol. The molecule has 17 heavy (non-hydrogen) atoms. The lowest BCUT2D eigenvalue weighted by Crippen LogP contribution is -2.25. The molecule has 0 bridgehead atoms. The van der Waals surface area contributed by atoms with Gasteiger partial charge in [-0.25, -0.2) is 4.63 Å². The molecule has 1 aliphatic rings. The number of aromatic nitrogens is 2. The van der Waals surface area contributed by atoms with E-state index in [1.54, 1.807) is 0 Å². The quantitative estimate of drug-likeness (QED) is 0.817. The summed E-state index contributed by atoms with van der Waals surface area (Å²) in [5.74, 6) is 0.836. The summed E-state index contributed by atoms with van der Waals surface area (Å²) in [7, 11) is 0. The maximum absolute atomic E-state index is 5.84. The van der Waals surface area contributed by atoms with Gasteiger partial charge in [-0.05, 0) is 48.1 Å². The molecule has 3 rings (SSSR count). The van der Waals surface area contributed by atoms with E-state index in [9.17, 15) is 0 Å². The maximum Gasteiger partial charge on any atom is 0.160 e. The van der Waals surface area contributed by atoms with Crippen molar-refractivity contribution in [2.75, 3.05) is 23.7 Å². The number of nitrogens with zero attached hydrogens (tertiary/aromatic N) is 3. The summed E-state index contributed by atoms with van der Waals surface area (Å²) in [6.07, 6.45) is 2.68. The minimum Gasteiger partial charge on any atom is -0.397 e. The van der Waals surface area contributed by atoms with Gasteiger partial charge in [-0.15, -0.1) is 0 Å². The van der Waals surface area contributed by atoms with Crippen molar-refractivity contribution in [2.24, 2.45) is 5.92 Å². The van der Waals surface area contributed by atoms with Crippen LogP contribution in [0.15, 0.2) is 16.8 Å². The third-order valence-electron chi connectivity index (χ3n) is 3.32. The minimum absolute atomic E-state index is 0.618. The van der Waals surface area contributed by atoms with Gasteiger partial charge in [-0.2, -0.15) is 0 Å². The number of hydrogen-bond donors (Lipinski definition) is 1. The lowest BCUT2D eigenvalue weighted by atomic mass is 10.2. The highest BCUT2D eigenvalue weighted by Gasteiger charge is 2.25. The topological polar surface area (TPSA) is 68.2 Å². The van der Waals surface area contributed by atoms with Crippen LogP contribution >= 0.6 is 0 Å². The molecule has 1 fully saturated rings. The Morgan fingerprint density at radius 3 is 2.82 bits per heavy atom. The van der Waals surface area contributed by atoms with E-state index in [-0.39, 0.29) is 0 Å². The summed E-state index contributed by atoms with van der Waals surface area (Å²) in [6.45, 7) is 4.20. The molecule has 1 heterocycles. The van der Waals surface area contributed by atoms with Crippen molar-refractivity contribution in [2.45, 2.75) is 19.8 Å². The van der Waals surface area contributed by atoms with Crippen LogP contribution in [0, 0.1) is 5.92 Å². The smallest absolute Gasteiger partial charge is 0.160 e. The molecule has 0 aliphatic heterocycles. The molecule has 0 atom stereocenters. The zero-order chi connectivity index (χ0) is 11.8. The maximum atomic E-state index is 5.84. The second-order valence-corrected chi connectivity index (χ2v) is 4.62. The van der Waals surface area contributed by atoms with Gasteiger partial charge in [0.2, 0.25) is 0 Å². The number of nitrogens with two attached hydrogens (primary N) is 1. The first kappa shape index (κ1) is 10.4. The van der Waals surface area contributed by atoms with Gasteiger partial charge in [-0.3, -0.25) is 0 Å². The Morgan fingerprint density at radius 2 is 2.12 bits per heavy atom. The summed E-state index contributed by atoms with van der Waals surface area (Å²) in [5.41, 5.74) is 8.97. The lowest BCUT2D eigenvalue weighted by Gasteiger charge is -2.22. The summed E-state index contributed by atoms with van der Waals surface area (Å²) < 4.78 is 4.80. The van der Waals surface area contributed by atoms with E-state index in [4.69, 9.17) is 10.4 Å². The molecule has 0 unspecified atom stereocenters. The molecular formula is C12H16N4O. The molecule has 1 saturated carbocycles. The fourth-order valence-electron chi connectivity index (χ4n) is 2.14. The third kappa shape index (κ3) is 1.81. The molecule has 5 nitrogen and oxygen atoms in total. The zero-order valence-electron chi connectivity index (χ0n) is 9.89. The molecule has 0 saturated heterocycles. The second-order valence-electron chi connectivity index (χ2n) is 4.62. The molecule has 0 amide bonds. The van der Waals surface area contributed by atoms with Crippen LogP contribution in [0.4, 0.5) is 11.4 Å². The van der Waals surface area contributed by atoms with Crippen LogP contribution in [-0.2, 0) is 0 Å². The Hall–Kier alpha value is -1.78. The molecule has 1 aliphatic carbocycles. The van der Waals surface area contributed by atoms with Gasteiger partial charge in [0.05, 0.1) is 11.4 Å². The van der Waals surface area contributed by atoms with Crippen LogP contribution in [0.5, 0.6) is 0 Å². The number of anilines is 2. The average Bonchev–Trinajstić information content (AvgIpc) is 3.01. The Bertz CT molecular complexity index is 532. The summed E-state index contributed by atoms with van der Waals surface area (Å²) in [5, 5.41) is 7.82. The molecule has 2 aromatic rings. The van der Waals surface area contributed by atoms with E-state index in [1.165, 1.54) is 12.8 Å². The van der Waals surface area contributed by atoms with Gasteiger partial charge in [0.15, 0.2) is 11.0 Å². The normalized spacial score (nSPS) is 15.4. The van der Waals surface area contributed by atoms with E-state index in [1.807, 2.05) is 12.1 Å². The SMILES string of the molecule is CCN(CC1CC1)c1ccc(N)c2nonc12. The van der Waals surface area contributed by atoms with Gasteiger partial charge < -0.3 is 10.6 Å². The standard InChI is InChI=1S/C12H16N4O/c1-2-16(7-8-3-4-8)10-6-5-9(13)11-12(10)15-17-14-11/h5-6,8H,2-4,7,13H2,1H3. The monoisotopic (exact) mass is 232 g/mol. The Kier molecular flexibility index (Phi) is 2.39. The first-order valence-electron chi connectivity index (χ1n) is 6.05. The largest absolute Gasteiger partial charge is 0.397 e. The number of nitrogen functional groups attached to an aromatic ring is 1. The van der Waals surface area contributed by atoms with Crippen LogP contribution in [0.2, 0.25) is 0 Å². The van der Waals surface area contributed by atoms with Crippen molar-refractivity contribution in [3.63, 3.8) is 0 Å².